The predicted octanol–water partition coefficient (Wildman–Crippen LogP) is 4.51. The average Bonchev–Trinajstić information content (AvgIpc) is 2.38. The quantitative estimate of drug-likeness (QED) is 0.695. The highest BCUT2D eigenvalue weighted by Gasteiger charge is 1.96. The average molecular weight is 209 g/mol. The minimum absolute atomic E-state index is 1.01. The molecule has 2 aromatic rings. The second-order valence-electron chi connectivity index (χ2n) is 4.02. The van der Waals surface area contributed by atoms with Crippen molar-refractivity contribution in [3.05, 3.63) is 67.1 Å². The molecule has 0 unspecified atom stereocenters. The standard InChI is InChI=1S/C16H17/c1-2-3-7-14-10-12-16(13-11-14)15-8-5-4-6-9-15/h4-6,8-13H,1-3,7H2. The van der Waals surface area contributed by atoms with E-state index in [9.17, 15) is 0 Å². The van der Waals surface area contributed by atoms with Crippen molar-refractivity contribution in [3.8, 4) is 11.1 Å². The van der Waals surface area contributed by atoms with Crippen LogP contribution in [0.15, 0.2) is 54.6 Å². The molecule has 0 aliphatic carbocycles. The van der Waals surface area contributed by atoms with Crippen LogP contribution in [0.5, 0.6) is 0 Å². The van der Waals surface area contributed by atoms with Gasteiger partial charge in [-0.2, -0.15) is 0 Å². The lowest BCUT2D eigenvalue weighted by atomic mass is 10.0. The number of benzene rings is 2. The zero-order valence-corrected chi connectivity index (χ0v) is 9.52. The summed E-state index contributed by atoms with van der Waals surface area (Å²) in [5.41, 5.74) is 3.98. The molecule has 0 aliphatic rings. The van der Waals surface area contributed by atoms with Crippen LogP contribution in [0.4, 0.5) is 0 Å². The fourth-order valence-corrected chi connectivity index (χ4v) is 1.82. The van der Waals surface area contributed by atoms with E-state index in [1.807, 2.05) is 6.07 Å². The second-order valence-corrected chi connectivity index (χ2v) is 4.02. The molecule has 16 heavy (non-hydrogen) atoms. The molecule has 0 N–H and O–H groups in total. The van der Waals surface area contributed by atoms with Gasteiger partial charge in [-0.05, 0) is 29.5 Å². The van der Waals surface area contributed by atoms with Crippen molar-refractivity contribution in [2.24, 2.45) is 0 Å². The van der Waals surface area contributed by atoms with E-state index >= 15 is 0 Å². The smallest absolute Gasteiger partial charge is 0.0184 e. The summed E-state index contributed by atoms with van der Waals surface area (Å²) in [6.45, 7) is 3.87. The molecule has 0 aromatic heterocycles. The second kappa shape index (κ2) is 5.50. The SMILES string of the molecule is [CH2]CCCc1ccc(-c2ccccc2)cc1. The molecule has 0 spiro atoms. The Bertz CT molecular complexity index is 412. The molecular weight excluding hydrogens is 192 g/mol. The third kappa shape index (κ3) is 2.73. The van der Waals surface area contributed by atoms with E-state index in [1.54, 1.807) is 0 Å². The van der Waals surface area contributed by atoms with Gasteiger partial charge in [0.25, 0.3) is 0 Å². The molecule has 0 amide bonds. The molecule has 0 heteroatoms. The molecule has 0 saturated carbocycles. The minimum atomic E-state index is 1.01. The van der Waals surface area contributed by atoms with Gasteiger partial charge in [-0.25, -0.2) is 0 Å². The van der Waals surface area contributed by atoms with Crippen molar-refractivity contribution in [1.29, 1.82) is 0 Å². The van der Waals surface area contributed by atoms with Crippen LogP contribution < -0.4 is 0 Å². The number of rotatable bonds is 4. The molecule has 1 radical (unpaired) electrons. The van der Waals surface area contributed by atoms with E-state index in [1.165, 1.54) is 23.1 Å². The van der Waals surface area contributed by atoms with E-state index in [2.05, 4.69) is 55.5 Å². The zero-order chi connectivity index (χ0) is 11.2. The van der Waals surface area contributed by atoms with Crippen molar-refractivity contribution in [3.63, 3.8) is 0 Å². The summed E-state index contributed by atoms with van der Waals surface area (Å²) < 4.78 is 0. The summed E-state index contributed by atoms with van der Waals surface area (Å²) in [4.78, 5) is 0. The fourth-order valence-electron chi connectivity index (χ4n) is 1.82. The first kappa shape index (κ1) is 10.9. The summed E-state index contributed by atoms with van der Waals surface area (Å²) in [5, 5.41) is 0. The van der Waals surface area contributed by atoms with Gasteiger partial charge >= 0.3 is 0 Å². The van der Waals surface area contributed by atoms with E-state index in [0.717, 1.165) is 12.8 Å². The Labute approximate surface area is 97.9 Å². The summed E-state index contributed by atoms with van der Waals surface area (Å²) >= 11 is 0. The van der Waals surface area contributed by atoms with Crippen molar-refractivity contribution in [2.45, 2.75) is 19.3 Å². The number of hydrogen-bond donors (Lipinski definition) is 0. The minimum Gasteiger partial charge on any atom is -0.0622 e. The van der Waals surface area contributed by atoms with Crippen molar-refractivity contribution < 1.29 is 0 Å². The summed E-state index contributed by atoms with van der Waals surface area (Å²) in [7, 11) is 0. The third-order valence-electron chi connectivity index (χ3n) is 2.78. The topological polar surface area (TPSA) is 0 Å². The Morgan fingerprint density at radius 2 is 1.38 bits per heavy atom. The van der Waals surface area contributed by atoms with E-state index < -0.39 is 0 Å². The van der Waals surface area contributed by atoms with E-state index in [0.29, 0.717) is 0 Å². The van der Waals surface area contributed by atoms with Crippen LogP contribution >= 0.6 is 0 Å². The fraction of sp³-hybridized carbons (Fsp3) is 0.188. The Kier molecular flexibility index (Phi) is 3.76. The number of aryl methyl sites for hydroxylation is 1. The highest BCUT2D eigenvalue weighted by Crippen LogP contribution is 2.19. The van der Waals surface area contributed by atoms with Gasteiger partial charge in [-0.15, -0.1) is 0 Å². The summed E-state index contributed by atoms with van der Waals surface area (Å²) in [5.74, 6) is 0. The molecule has 0 heterocycles. The van der Waals surface area contributed by atoms with Gasteiger partial charge in [0.2, 0.25) is 0 Å². The van der Waals surface area contributed by atoms with Crippen LogP contribution in [-0.2, 0) is 6.42 Å². The first-order chi connectivity index (χ1) is 7.90. The van der Waals surface area contributed by atoms with Crippen molar-refractivity contribution >= 4 is 0 Å². The maximum Gasteiger partial charge on any atom is -0.0184 e. The van der Waals surface area contributed by atoms with Crippen molar-refractivity contribution in [2.75, 3.05) is 0 Å². The molecule has 2 aromatic carbocycles. The third-order valence-corrected chi connectivity index (χ3v) is 2.78. The van der Waals surface area contributed by atoms with Crippen LogP contribution in [0, 0.1) is 6.92 Å². The van der Waals surface area contributed by atoms with Gasteiger partial charge in [0, 0.05) is 0 Å². The highest BCUT2D eigenvalue weighted by atomic mass is 14.0. The largest absolute Gasteiger partial charge is 0.0622 e. The Balaban J connectivity index is 2.13. The Morgan fingerprint density at radius 3 is 2.00 bits per heavy atom. The Hall–Kier alpha value is -1.56. The van der Waals surface area contributed by atoms with Crippen LogP contribution in [-0.4, -0.2) is 0 Å². The lowest BCUT2D eigenvalue weighted by Crippen LogP contribution is -1.84. The van der Waals surface area contributed by atoms with Gasteiger partial charge in [-0.3, -0.25) is 0 Å². The van der Waals surface area contributed by atoms with Crippen LogP contribution in [0.3, 0.4) is 0 Å². The molecule has 2 rings (SSSR count). The molecule has 0 nitrogen and oxygen atoms in total. The maximum atomic E-state index is 3.87. The molecule has 0 atom stereocenters. The van der Waals surface area contributed by atoms with Gasteiger partial charge < -0.3 is 0 Å². The molecule has 0 fully saturated rings. The molecule has 0 bridgehead atoms. The summed E-state index contributed by atoms with van der Waals surface area (Å²) in [6.07, 6.45) is 3.32. The first-order valence-electron chi connectivity index (χ1n) is 5.84. The normalized spacial score (nSPS) is 10.3. The zero-order valence-electron chi connectivity index (χ0n) is 9.52. The molecule has 0 aliphatic heterocycles. The van der Waals surface area contributed by atoms with Gasteiger partial charge in [0.15, 0.2) is 0 Å². The van der Waals surface area contributed by atoms with Crippen LogP contribution in [0.1, 0.15) is 18.4 Å². The maximum absolute atomic E-state index is 3.87. The molecular formula is C16H17. The van der Waals surface area contributed by atoms with Crippen LogP contribution in [0.25, 0.3) is 11.1 Å². The van der Waals surface area contributed by atoms with Crippen molar-refractivity contribution in [1.82, 2.24) is 0 Å². The van der Waals surface area contributed by atoms with Gasteiger partial charge in [-0.1, -0.05) is 67.9 Å². The number of hydrogen-bond acceptors (Lipinski definition) is 0. The molecule has 0 saturated heterocycles. The monoisotopic (exact) mass is 209 g/mol. The highest BCUT2D eigenvalue weighted by molar-refractivity contribution is 5.63. The first-order valence-corrected chi connectivity index (χ1v) is 5.84. The Morgan fingerprint density at radius 1 is 0.750 bits per heavy atom. The van der Waals surface area contributed by atoms with Crippen LogP contribution in [0.2, 0.25) is 0 Å². The predicted molar refractivity (Wildman–Crippen MR) is 70.2 cm³/mol. The molecule has 81 valence electrons. The van der Waals surface area contributed by atoms with Gasteiger partial charge in [0.05, 0.1) is 0 Å². The lowest BCUT2D eigenvalue weighted by Gasteiger charge is -2.03. The number of unbranched alkanes of at least 4 members (excludes halogenated alkanes) is 1. The lowest BCUT2D eigenvalue weighted by molar-refractivity contribution is 0.841. The van der Waals surface area contributed by atoms with Gasteiger partial charge in [0.1, 0.15) is 0 Å². The van der Waals surface area contributed by atoms with E-state index in [4.69, 9.17) is 0 Å². The summed E-state index contributed by atoms with van der Waals surface area (Å²) in [6, 6.07) is 19.3. The van der Waals surface area contributed by atoms with E-state index in [-0.39, 0.29) is 0 Å².